The van der Waals surface area contributed by atoms with Crippen LogP contribution in [0.1, 0.15) is 18.1 Å². The van der Waals surface area contributed by atoms with Crippen LogP contribution in [0.2, 0.25) is 5.02 Å². The molecule has 0 aromatic heterocycles. The van der Waals surface area contributed by atoms with Crippen molar-refractivity contribution < 1.29 is 0 Å². The van der Waals surface area contributed by atoms with Gasteiger partial charge < -0.3 is 5.32 Å². The molecular weight excluding hydrogens is 322 g/mol. The molecule has 1 N–H and O–H groups in total. The monoisotopic (exact) mass is 337 g/mol. The van der Waals surface area contributed by atoms with Crippen LogP contribution in [0.15, 0.2) is 46.9 Å². The van der Waals surface area contributed by atoms with Gasteiger partial charge >= 0.3 is 0 Å². The van der Waals surface area contributed by atoms with E-state index in [1.165, 1.54) is 11.1 Å². The lowest BCUT2D eigenvalue weighted by atomic mass is 10.1. The molecule has 0 radical (unpaired) electrons. The summed E-state index contributed by atoms with van der Waals surface area (Å²) in [4.78, 5) is 0. The maximum Gasteiger partial charge on any atom is 0.0437 e. The highest BCUT2D eigenvalue weighted by molar-refractivity contribution is 9.10. The highest BCUT2D eigenvalue weighted by atomic mass is 79.9. The fourth-order valence-corrected chi connectivity index (χ4v) is 2.81. The zero-order chi connectivity index (χ0) is 13.7. The summed E-state index contributed by atoms with van der Waals surface area (Å²) in [6.07, 6.45) is 2.10. The maximum absolute atomic E-state index is 6.01. The van der Waals surface area contributed by atoms with Gasteiger partial charge in [0.1, 0.15) is 0 Å². The smallest absolute Gasteiger partial charge is 0.0437 e. The first kappa shape index (κ1) is 14.4. The van der Waals surface area contributed by atoms with E-state index >= 15 is 0 Å². The third-order valence-electron chi connectivity index (χ3n) is 3.04. The highest BCUT2D eigenvalue weighted by Gasteiger charge is 1.98. The van der Waals surface area contributed by atoms with Crippen LogP contribution in [0, 0.1) is 0 Å². The van der Waals surface area contributed by atoms with Gasteiger partial charge in [0.2, 0.25) is 0 Å². The van der Waals surface area contributed by atoms with Crippen molar-refractivity contribution in [1.29, 1.82) is 0 Å². The first-order valence-corrected chi connectivity index (χ1v) is 7.62. The van der Waals surface area contributed by atoms with Gasteiger partial charge in [-0.05, 0) is 42.2 Å². The molecule has 0 spiro atoms. The largest absolute Gasteiger partial charge is 0.385 e. The van der Waals surface area contributed by atoms with Gasteiger partial charge in [0.15, 0.2) is 0 Å². The summed E-state index contributed by atoms with van der Waals surface area (Å²) in [7, 11) is 0. The van der Waals surface area contributed by atoms with Crippen molar-refractivity contribution in [1.82, 2.24) is 0 Å². The van der Waals surface area contributed by atoms with Gasteiger partial charge in [-0.2, -0.15) is 0 Å². The van der Waals surface area contributed by atoms with Crippen molar-refractivity contribution in [3.8, 4) is 0 Å². The number of nitrogens with one attached hydrogen (secondary N) is 1. The van der Waals surface area contributed by atoms with Crippen LogP contribution in [0.5, 0.6) is 0 Å². The average Bonchev–Trinajstić information content (AvgIpc) is 2.38. The van der Waals surface area contributed by atoms with Gasteiger partial charge in [-0.1, -0.05) is 58.7 Å². The van der Waals surface area contributed by atoms with E-state index in [0.29, 0.717) is 0 Å². The average molecular weight is 339 g/mol. The molecule has 19 heavy (non-hydrogen) atoms. The number of anilines is 1. The van der Waals surface area contributed by atoms with E-state index in [1.54, 1.807) is 0 Å². The van der Waals surface area contributed by atoms with Crippen molar-refractivity contribution in [3.63, 3.8) is 0 Å². The first-order chi connectivity index (χ1) is 9.17. The molecule has 3 heteroatoms. The number of halogens is 2. The minimum absolute atomic E-state index is 0.740. The minimum Gasteiger partial charge on any atom is -0.385 e. The van der Waals surface area contributed by atoms with Crippen LogP contribution in [0.4, 0.5) is 5.69 Å². The van der Waals surface area contributed by atoms with Gasteiger partial charge in [0.05, 0.1) is 0 Å². The Balaban J connectivity index is 1.88. The summed E-state index contributed by atoms with van der Waals surface area (Å²) in [5, 5.41) is 4.13. The normalized spacial score (nSPS) is 10.5. The lowest BCUT2D eigenvalue weighted by Gasteiger charge is -2.08. The van der Waals surface area contributed by atoms with Crippen LogP contribution >= 0.6 is 27.5 Å². The van der Waals surface area contributed by atoms with Crippen molar-refractivity contribution in [2.75, 3.05) is 11.9 Å². The molecule has 0 atom stereocenters. The zero-order valence-electron chi connectivity index (χ0n) is 10.9. The maximum atomic E-state index is 6.01. The Bertz CT molecular complexity index is 517. The molecule has 2 aromatic rings. The Hall–Kier alpha value is -0.990. The summed E-state index contributed by atoms with van der Waals surface area (Å²) in [5.74, 6) is 0. The second-order valence-corrected chi connectivity index (χ2v) is 5.86. The molecule has 0 unspecified atom stereocenters. The molecule has 0 aliphatic heterocycles. The summed E-state index contributed by atoms with van der Waals surface area (Å²) >= 11 is 9.45. The van der Waals surface area contributed by atoms with Crippen LogP contribution < -0.4 is 5.32 Å². The van der Waals surface area contributed by atoms with E-state index in [-0.39, 0.29) is 0 Å². The third kappa shape index (κ3) is 4.55. The molecule has 0 saturated heterocycles. The molecule has 0 bridgehead atoms. The van der Waals surface area contributed by atoms with Crippen molar-refractivity contribution in [3.05, 3.63) is 63.1 Å². The fraction of sp³-hybridized carbons (Fsp3) is 0.250. The Morgan fingerprint density at radius 1 is 1.05 bits per heavy atom. The van der Waals surface area contributed by atoms with Gasteiger partial charge in [-0.3, -0.25) is 0 Å². The third-order valence-corrected chi connectivity index (χ3v) is 3.71. The van der Waals surface area contributed by atoms with Crippen molar-refractivity contribution in [2.45, 2.75) is 19.8 Å². The predicted octanol–water partition coefficient (Wildman–Crippen LogP) is 5.32. The predicted molar refractivity (Wildman–Crippen MR) is 87.2 cm³/mol. The van der Waals surface area contributed by atoms with Crippen LogP contribution in [-0.2, 0) is 12.8 Å². The fourth-order valence-electron chi connectivity index (χ4n) is 1.95. The lowest BCUT2D eigenvalue weighted by Crippen LogP contribution is -2.04. The Morgan fingerprint density at radius 2 is 1.74 bits per heavy atom. The Labute approximate surface area is 128 Å². The summed E-state index contributed by atoms with van der Waals surface area (Å²) in [5.41, 5.74) is 3.78. The molecule has 0 aliphatic rings. The summed E-state index contributed by atoms with van der Waals surface area (Å²) in [6.45, 7) is 3.08. The lowest BCUT2D eigenvalue weighted by molar-refractivity contribution is 1.01. The van der Waals surface area contributed by atoms with E-state index in [0.717, 1.165) is 34.6 Å². The first-order valence-electron chi connectivity index (χ1n) is 6.45. The van der Waals surface area contributed by atoms with Gasteiger partial charge in [0.25, 0.3) is 0 Å². The molecule has 0 heterocycles. The second-order valence-electron chi connectivity index (χ2n) is 4.50. The topological polar surface area (TPSA) is 12.0 Å². The number of hydrogen-bond donors (Lipinski definition) is 1. The van der Waals surface area contributed by atoms with Gasteiger partial charge in [-0.15, -0.1) is 0 Å². The molecule has 0 amide bonds. The molecular formula is C16H17BrClN. The van der Waals surface area contributed by atoms with E-state index in [2.05, 4.69) is 52.4 Å². The molecule has 100 valence electrons. The quantitative estimate of drug-likeness (QED) is 0.778. The van der Waals surface area contributed by atoms with Crippen LogP contribution in [0.3, 0.4) is 0 Å². The van der Waals surface area contributed by atoms with Crippen molar-refractivity contribution in [2.24, 2.45) is 0 Å². The summed E-state index contributed by atoms with van der Waals surface area (Å²) in [6, 6.07) is 14.7. The number of aryl methyl sites for hydroxylation is 1. The van der Waals surface area contributed by atoms with E-state index in [9.17, 15) is 0 Å². The number of hydrogen-bond acceptors (Lipinski definition) is 1. The number of rotatable bonds is 5. The Kier molecular flexibility index (Phi) is 5.29. The van der Waals surface area contributed by atoms with Crippen molar-refractivity contribution >= 4 is 33.2 Å². The number of benzene rings is 2. The van der Waals surface area contributed by atoms with E-state index < -0.39 is 0 Å². The zero-order valence-corrected chi connectivity index (χ0v) is 13.3. The van der Waals surface area contributed by atoms with E-state index in [4.69, 9.17) is 11.6 Å². The molecule has 0 saturated carbocycles. The Morgan fingerprint density at radius 3 is 2.37 bits per heavy atom. The molecule has 1 nitrogen and oxygen atoms in total. The second kappa shape index (κ2) is 6.97. The minimum atomic E-state index is 0.740. The molecule has 2 aromatic carbocycles. The van der Waals surface area contributed by atoms with Crippen LogP contribution in [-0.4, -0.2) is 6.54 Å². The van der Waals surface area contributed by atoms with E-state index in [1.807, 2.05) is 18.2 Å². The van der Waals surface area contributed by atoms with Gasteiger partial charge in [0, 0.05) is 21.7 Å². The SMILES string of the molecule is CCc1ccc(CCNc2cc(Cl)cc(Br)c2)cc1. The molecule has 2 rings (SSSR count). The molecule has 0 fully saturated rings. The summed E-state index contributed by atoms with van der Waals surface area (Å²) < 4.78 is 0.995. The van der Waals surface area contributed by atoms with Crippen LogP contribution in [0.25, 0.3) is 0 Å². The highest BCUT2D eigenvalue weighted by Crippen LogP contribution is 2.22. The molecule has 0 aliphatic carbocycles. The standard InChI is InChI=1S/C16H17BrClN/c1-2-12-3-5-13(6-4-12)7-8-19-16-10-14(17)9-15(18)11-16/h3-6,9-11,19H,2,7-8H2,1H3. The van der Waals surface area contributed by atoms with Gasteiger partial charge in [-0.25, -0.2) is 0 Å².